The van der Waals surface area contributed by atoms with Gasteiger partial charge in [0.05, 0.1) is 13.2 Å². The van der Waals surface area contributed by atoms with Crippen molar-refractivity contribution in [2.75, 3.05) is 13.1 Å². The fourth-order valence-corrected chi connectivity index (χ4v) is 1.52. The summed E-state index contributed by atoms with van der Waals surface area (Å²) >= 11 is 0. The summed E-state index contributed by atoms with van der Waals surface area (Å²) in [6, 6.07) is 9.31. The first kappa shape index (κ1) is 19.4. The lowest BCUT2D eigenvalue weighted by Crippen LogP contribution is -2.43. The molecule has 0 bridgehead atoms. The summed E-state index contributed by atoms with van der Waals surface area (Å²) in [5.74, 6) is -1.02. The first-order valence-corrected chi connectivity index (χ1v) is 7.44. The number of carbonyl (C=O) groups is 3. The molecule has 0 heterocycles. The highest BCUT2D eigenvalue weighted by molar-refractivity contribution is 5.86. The first-order chi connectivity index (χ1) is 11.3. The van der Waals surface area contributed by atoms with Crippen molar-refractivity contribution in [2.24, 2.45) is 0 Å². The summed E-state index contributed by atoms with van der Waals surface area (Å²) in [6.45, 7) is 4.82. The van der Waals surface area contributed by atoms with Crippen LogP contribution in [0.3, 0.4) is 0 Å². The maximum atomic E-state index is 11.5. The van der Waals surface area contributed by atoms with Crippen LogP contribution in [-0.4, -0.2) is 36.6 Å². The molecule has 8 heteroatoms. The summed E-state index contributed by atoms with van der Waals surface area (Å²) in [7, 11) is 0. The normalized spacial score (nSPS) is 10.6. The van der Waals surface area contributed by atoms with Crippen LogP contribution in [0.2, 0.25) is 0 Å². The Balaban J connectivity index is 2.13. The van der Waals surface area contributed by atoms with E-state index in [-0.39, 0.29) is 19.7 Å². The minimum absolute atomic E-state index is 0.223. The molecule has 0 atom stereocenters. The molecule has 0 aliphatic heterocycles. The lowest BCUT2D eigenvalue weighted by Gasteiger charge is -2.19. The molecule has 0 saturated heterocycles. The van der Waals surface area contributed by atoms with Gasteiger partial charge in [0.2, 0.25) is 5.91 Å². The molecular weight excluding hydrogens is 314 g/mol. The Kier molecular flexibility index (Phi) is 7.70. The number of alkyl carbamates (subject to hydrolysis) is 1. The van der Waals surface area contributed by atoms with Crippen molar-refractivity contribution in [1.29, 1.82) is 0 Å². The number of amides is 3. The molecule has 8 nitrogen and oxygen atoms in total. The van der Waals surface area contributed by atoms with Crippen LogP contribution in [0.4, 0.5) is 4.79 Å². The molecule has 3 N–H and O–H groups in total. The van der Waals surface area contributed by atoms with Crippen LogP contribution < -0.4 is 16.1 Å². The summed E-state index contributed by atoms with van der Waals surface area (Å²) < 4.78 is 4.98. The molecule has 0 aliphatic rings. The Morgan fingerprint density at radius 2 is 1.58 bits per heavy atom. The maximum absolute atomic E-state index is 11.5. The van der Waals surface area contributed by atoms with Gasteiger partial charge in [0.25, 0.3) is 5.91 Å². The van der Waals surface area contributed by atoms with E-state index in [4.69, 9.17) is 9.57 Å². The molecule has 1 aromatic rings. The lowest BCUT2D eigenvalue weighted by atomic mass is 10.2. The van der Waals surface area contributed by atoms with E-state index in [1.54, 1.807) is 20.8 Å². The number of rotatable bonds is 7. The zero-order chi connectivity index (χ0) is 18.0. The maximum Gasteiger partial charge on any atom is 0.408 e. The second-order valence-corrected chi connectivity index (χ2v) is 5.93. The van der Waals surface area contributed by atoms with Crippen LogP contribution in [0, 0.1) is 0 Å². The average Bonchev–Trinajstić information content (AvgIpc) is 2.50. The standard InChI is InChI=1S/C16H23N3O5/c1-16(2,3)24-15(22)18-9-13(20)17-10-14(21)19-23-11-12-7-5-4-6-8-12/h4-8H,9-11H2,1-3H3,(H,17,20)(H,18,22)(H,19,21). The van der Waals surface area contributed by atoms with Gasteiger partial charge >= 0.3 is 6.09 Å². The molecule has 132 valence electrons. The first-order valence-electron chi connectivity index (χ1n) is 7.44. The molecule has 0 unspecified atom stereocenters. The van der Waals surface area contributed by atoms with Crippen LogP contribution in [0.5, 0.6) is 0 Å². The summed E-state index contributed by atoms with van der Waals surface area (Å²) in [5.41, 5.74) is 2.48. The molecule has 0 aromatic heterocycles. The fourth-order valence-electron chi connectivity index (χ4n) is 1.52. The molecule has 24 heavy (non-hydrogen) atoms. The van der Waals surface area contributed by atoms with Crippen molar-refractivity contribution >= 4 is 17.9 Å². The monoisotopic (exact) mass is 337 g/mol. The van der Waals surface area contributed by atoms with E-state index in [1.165, 1.54) is 0 Å². The predicted octanol–water partition coefficient (Wildman–Crippen LogP) is 0.875. The third-order valence-electron chi connectivity index (χ3n) is 2.51. The molecule has 0 radical (unpaired) electrons. The molecule has 0 aliphatic carbocycles. The quantitative estimate of drug-likeness (QED) is 0.640. The Labute approximate surface area is 140 Å². The van der Waals surface area contributed by atoms with E-state index in [9.17, 15) is 14.4 Å². The van der Waals surface area contributed by atoms with Crippen LogP contribution in [0.15, 0.2) is 30.3 Å². The van der Waals surface area contributed by atoms with Crippen LogP contribution >= 0.6 is 0 Å². The minimum atomic E-state index is -0.701. The Bertz CT molecular complexity index is 555. The Morgan fingerprint density at radius 3 is 2.21 bits per heavy atom. The number of nitrogens with one attached hydrogen (secondary N) is 3. The third-order valence-corrected chi connectivity index (χ3v) is 2.51. The van der Waals surface area contributed by atoms with E-state index >= 15 is 0 Å². The van der Waals surface area contributed by atoms with E-state index in [0.29, 0.717) is 0 Å². The van der Waals surface area contributed by atoms with Crippen LogP contribution in [0.25, 0.3) is 0 Å². The highest BCUT2D eigenvalue weighted by atomic mass is 16.6. The molecular formula is C16H23N3O5. The van der Waals surface area contributed by atoms with Crippen molar-refractivity contribution in [3.05, 3.63) is 35.9 Å². The molecule has 1 aromatic carbocycles. The van der Waals surface area contributed by atoms with Crippen molar-refractivity contribution in [2.45, 2.75) is 33.0 Å². The second-order valence-electron chi connectivity index (χ2n) is 5.93. The van der Waals surface area contributed by atoms with Gasteiger partial charge in [-0.1, -0.05) is 30.3 Å². The minimum Gasteiger partial charge on any atom is -0.444 e. The topological polar surface area (TPSA) is 106 Å². The van der Waals surface area contributed by atoms with Crippen molar-refractivity contribution in [1.82, 2.24) is 16.1 Å². The van der Waals surface area contributed by atoms with Gasteiger partial charge < -0.3 is 15.4 Å². The SMILES string of the molecule is CC(C)(C)OC(=O)NCC(=O)NCC(=O)NOCc1ccccc1. The van der Waals surface area contributed by atoms with E-state index in [1.807, 2.05) is 30.3 Å². The highest BCUT2D eigenvalue weighted by Crippen LogP contribution is 2.06. The van der Waals surface area contributed by atoms with Crippen LogP contribution in [-0.2, 0) is 25.8 Å². The summed E-state index contributed by atoms with van der Waals surface area (Å²) in [4.78, 5) is 39.4. The zero-order valence-corrected chi connectivity index (χ0v) is 14.0. The van der Waals surface area contributed by atoms with Gasteiger partial charge in [0.15, 0.2) is 0 Å². The molecule has 1 rings (SSSR count). The Hall–Kier alpha value is -2.61. The van der Waals surface area contributed by atoms with Gasteiger partial charge in [0, 0.05) is 0 Å². The zero-order valence-electron chi connectivity index (χ0n) is 14.0. The van der Waals surface area contributed by atoms with Gasteiger partial charge in [-0.05, 0) is 26.3 Å². The number of benzene rings is 1. The van der Waals surface area contributed by atoms with E-state index < -0.39 is 23.5 Å². The summed E-state index contributed by atoms with van der Waals surface area (Å²) in [6.07, 6.45) is -0.701. The largest absolute Gasteiger partial charge is 0.444 e. The van der Waals surface area contributed by atoms with Gasteiger partial charge in [-0.2, -0.15) is 0 Å². The Morgan fingerprint density at radius 1 is 0.958 bits per heavy atom. The summed E-state index contributed by atoms with van der Waals surface area (Å²) in [5, 5.41) is 4.64. The smallest absolute Gasteiger partial charge is 0.408 e. The molecule has 0 spiro atoms. The number of hydrogen-bond donors (Lipinski definition) is 3. The van der Waals surface area contributed by atoms with Gasteiger partial charge in [-0.3, -0.25) is 14.4 Å². The van der Waals surface area contributed by atoms with E-state index in [2.05, 4.69) is 16.1 Å². The lowest BCUT2D eigenvalue weighted by molar-refractivity contribution is -0.135. The predicted molar refractivity (Wildman–Crippen MR) is 86.6 cm³/mol. The number of hydroxylamine groups is 1. The molecule has 0 saturated carbocycles. The van der Waals surface area contributed by atoms with Crippen LogP contribution in [0.1, 0.15) is 26.3 Å². The van der Waals surface area contributed by atoms with Gasteiger partial charge in [-0.15, -0.1) is 0 Å². The second kappa shape index (κ2) is 9.51. The average molecular weight is 337 g/mol. The van der Waals surface area contributed by atoms with Gasteiger partial charge in [-0.25, -0.2) is 10.3 Å². The number of carbonyl (C=O) groups excluding carboxylic acids is 3. The number of ether oxygens (including phenoxy) is 1. The van der Waals surface area contributed by atoms with Gasteiger partial charge in [0.1, 0.15) is 12.1 Å². The number of hydrogen-bond acceptors (Lipinski definition) is 5. The van der Waals surface area contributed by atoms with E-state index in [0.717, 1.165) is 5.56 Å². The van der Waals surface area contributed by atoms with Crippen molar-refractivity contribution in [3.63, 3.8) is 0 Å². The van der Waals surface area contributed by atoms with Crippen molar-refractivity contribution < 1.29 is 24.0 Å². The van der Waals surface area contributed by atoms with Crippen molar-refractivity contribution in [3.8, 4) is 0 Å². The molecule has 3 amide bonds. The highest BCUT2D eigenvalue weighted by Gasteiger charge is 2.16. The third kappa shape index (κ3) is 9.42. The molecule has 0 fully saturated rings. The fraction of sp³-hybridized carbons (Fsp3) is 0.438.